The summed E-state index contributed by atoms with van der Waals surface area (Å²) < 4.78 is 5.41. The van der Waals surface area contributed by atoms with E-state index >= 15 is 0 Å². The molecule has 1 heterocycles. The fraction of sp³-hybridized carbons (Fsp3) is 0.462. The Morgan fingerprint density at radius 2 is 2.25 bits per heavy atom. The minimum atomic E-state index is -0.161. The predicted octanol–water partition coefficient (Wildman–Crippen LogP) is 1.96. The van der Waals surface area contributed by atoms with E-state index < -0.39 is 0 Å². The summed E-state index contributed by atoms with van der Waals surface area (Å²) in [7, 11) is 0. The van der Waals surface area contributed by atoms with Gasteiger partial charge in [0.25, 0.3) is 0 Å². The average molecular weight is 219 g/mol. The number of rotatable bonds is 2. The molecule has 1 aliphatic heterocycles. The minimum absolute atomic E-state index is 0.125. The van der Waals surface area contributed by atoms with E-state index in [1.807, 2.05) is 32.0 Å². The zero-order valence-corrected chi connectivity index (χ0v) is 9.75. The van der Waals surface area contributed by atoms with Crippen LogP contribution in [0.25, 0.3) is 0 Å². The summed E-state index contributed by atoms with van der Waals surface area (Å²) in [5, 5.41) is 3.14. The number of carbonyl (C=O) groups is 1. The van der Waals surface area contributed by atoms with E-state index in [9.17, 15) is 4.79 Å². The van der Waals surface area contributed by atoms with Gasteiger partial charge in [-0.2, -0.15) is 0 Å². The molecule has 0 amide bonds. The third kappa shape index (κ3) is 2.42. The average Bonchev–Trinajstić information content (AvgIpc) is 2.76. The van der Waals surface area contributed by atoms with Crippen LogP contribution in [0.15, 0.2) is 18.2 Å². The van der Waals surface area contributed by atoms with Crippen molar-refractivity contribution in [1.82, 2.24) is 5.32 Å². The molecule has 1 aromatic rings. The molecule has 16 heavy (non-hydrogen) atoms. The number of ether oxygens (including phenoxy) is 1. The molecule has 1 unspecified atom stereocenters. The van der Waals surface area contributed by atoms with Crippen LogP contribution in [0.1, 0.15) is 24.0 Å². The van der Waals surface area contributed by atoms with Crippen LogP contribution in [0.5, 0.6) is 5.75 Å². The van der Waals surface area contributed by atoms with Crippen LogP contribution in [0.2, 0.25) is 0 Å². The number of carbonyl (C=O) groups excluding carboxylic acids is 1. The van der Waals surface area contributed by atoms with Gasteiger partial charge in [0.15, 0.2) is 0 Å². The maximum absolute atomic E-state index is 11.8. The molecule has 0 bridgehead atoms. The maximum Gasteiger partial charge on any atom is 0.328 e. The summed E-state index contributed by atoms with van der Waals surface area (Å²) in [6.07, 6.45) is 1.93. The molecule has 0 aromatic heterocycles. The summed E-state index contributed by atoms with van der Waals surface area (Å²) in [5.74, 6) is 0.518. The number of hydrogen-bond acceptors (Lipinski definition) is 3. The first-order valence-electron chi connectivity index (χ1n) is 5.69. The monoisotopic (exact) mass is 219 g/mol. The molecular formula is C13H17NO2. The van der Waals surface area contributed by atoms with Crippen molar-refractivity contribution in [2.75, 3.05) is 6.54 Å². The molecule has 0 spiro atoms. The van der Waals surface area contributed by atoms with Crippen molar-refractivity contribution in [1.29, 1.82) is 0 Å². The quantitative estimate of drug-likeness (QED) is 0.610. The van der Waals surface area contributed by atoms with Crippen molar-refractivity contribution in [2.45, 2.75) is 32.7 Å². The Kier molecular flexibility index (Phi) is 3.25. The lowest BCUT2D eigenvalue weighted by Gasteiger charge is -2.12. The molecular weight excluding hydrogens is 202 g/mol. The Balaban J connectivity index is 2.07. The van der Waals surface area contributed by atoms with Crippen LogP contribution in [0, 0.1) is 13.8 Å². The fourth-order valence-electron chi connectivity index (χ4n) is 1.88. The first kappa shape index (κ1) is 11.1. The van der Waals surface area contributed by atoms with Crippen LogP contribution in [0.4, 0.5) is 0 Å². The molecule has 1 aliphatic rings. The first-order chi connectivity index (χ1) is 7.66. The summed E-state index contributed by atoms with van der Waals surface area (Å²) in [6, 6.07) is 5.77. The second kappa shape index (κ2) is 4.66. The molecule has 1 saturated heterocycles. The van der Waals surface area contributed by atoms with Crippen LogP contribution >= 0.6 is 0 Å². The number of aryl methyl sites for hydroxylation is 2. The number of esters is 1. The van der Waals surface area contributed by atoms with Crippen LogP contribution in [0.3, 0.4) is 0 Å². The van der Waals surface area contributed by atoms with Crippen molar-refractivity contribution in [3.8, 4) is 5.75 Å². The van der Waals surface area contributed by atoms with Gasteiger partial charge in [0.1, 0.15) is 11.8 Å². The predicted molar refractivity (Wildman–Crippen MR) is 62.6 cm³/mol. The first-order valence-corrected chi connectivity index (χ1v) is 5.69. The van der Waals surface area contributed by atoms with Crippen molar-refractivity contribution in [2.24, 2.45) is 0 Å². The normalized spacial score (nSPS) is 19.8. The highest BCUT2D eigenvalue weighted by Crippen LogP contribution is 2.20. The van der Waals surface area contributed by atoms with Gasteiger partial charge in [-0.05, 0) is 50.4 Å². The second-order valence-electron chi connectivity index (χ2n) is 4.34. The highest BCUT2D eigenvalue weighted by molar-refractivity contribution is 5.78. The zero-order chi connectivity index (χ0) is 11.5. The molecule has 0 radical (unpaired) electrons. The summed E-state index contributed by atoms with van der Waals surface area (Å²) in [6.45, 7) is 4.85. The van der Waals surface area contributed by atoms with E-state index in [1.165, 1.54) is 0 Å². The largest absolute Gasteiger partial charge is 0.425 e. The molecule has 1 aromatic carbocycles. The number of hydrogen-bond donors (Lipinski definition) is 1. The van der Waals surface area contributed by atoms with Crippen LogP contribution in [-0.4, -0.2) is 18.6 Å². The van der Waals surface area contributed by atoms with E-state index in [2.05, 4.69) is 5.32 Å². The Bertz CT molecular complexity index is 395. The fourth-order valence-corrected chi connectivity index (χ4v) is 1.88. The molecule has 1 N–H and O–H groups in total. The van der Waals surface area contributed by atoms with Gasteiger partial charge in [-0.15, -0.1) is 0 Å². The Hall–Kier alpha value is -1.35. The molecule has 3 heteroatoms. The lowest BCUT2D eigenvalue weighted by molar-refractivity contribution is -0.136. The molecule has 0 saturated carbocycles. The second-order valence-corrected chi connectivity index (χ2v) is 4.34. The van der Waals surface area contributed by atoms with Gasteiger partial charge in [0, 0.05) is 0 Å². The van der Waals surface area contributed by atoms with Gasteiger partial charge in [-0.1, -0.05) is 12.1 Å². The van der Waals surface area contributed by atoms with Gasteiger partial charge >= 0.3 is 5.97 Å². The summed E-state index contributed by atoms with van der Waals surface area (Å²) in [5.41, 5.74) is 2.10. The highest BCUT2D eigenvalue weighted by Gasteiger charge is 2.24. The summed E-state index contributed by atoms with van der Waals surface area (Å²) in [4.78, 5) is 11.8. The molecule has 0 aliphatic carbocycles. The standard InChI is InChI=1S/C13H17NO2/c1-9-5-6-10(2)12(8-9)16-13(15)11-4-3-7-14-11/h5-6,8,11,14H,3-4,7H2,1-2H3. The number of benzene rings is 1. The highest BCUT2D eigenvalue weighted by atomic mass is 16.5. The van der Waals surface area contributed by atoms with E-state index in [-0.39, 0.29) is 12.0 Å². The smallest absolute Gasteiger partial charge is 0.328 e. The van der Waals surface area contributed by atoms with E-state index in [0.29, 0.717) is 5.75 Å². The summed E-state index contributed by atoms with van der Waals surface area (Å²) >= 11 is 0. The topological polar surface area (TPSA) is 38.3 Å². The van der Waals surface area contributed by atoms with Gasteiger partial charge in [-0.3, -0.25) is 0 Å². The van der Waals surface area contributed by atoms with Crippen molar-refractivity contribution in [3.05, 3.63) is 29.3 Å². The molecule has 86 valence electrons. The zero-order valence-electron chi connectivity index (χ0n) is 9.75. The van der Waals surface area contributed by atoms with E-state index in [4.69, 9.17) is 4.74 Å². The van der Waals surface area contributed by atoms with Crippen molar-refractivity contribution >= 4 is 5.97 Å². The van der Waals surface area contributed by atoms with Crippen LogP contribution < -0.4 is 10.1 Å². The lowest BCUT2D eigenvalue weighted by atomic mass is 10.1. The Morgan fingerprint density at radius 1 is 1.44 bits per heavy atom. The van der Waals surface area contributed by atoms with E-state index in [1.54, 1.807) is 0 Å². The minimum Gasteiger partial charge on any atom is -0.425 e. The number of nitrogens with one attached hydrogen (secondary N) is 1. The third-order valence-electron chi connectivity index (χ3n) is 2.90. The molecule has 1 fully saturated rings. The van der Waals surface area contributed by atoms with Crippen molar-refractivity contribution < 1.29 is 9.53 Å². The molecule has 1 atom stereocenters. The van der Waals surface area contributed by atoms with Crippen LogP contribution in [-0.2, 0) is 4.79 Å². The van der Waals surface area contributed by atoms with Gasteiger partial charge < -0.3 is 10.1 Å². The third-order valence-corrected chi connectivity index (χ3v) is 2.90. The van der Waals surface area contributed by atoms with Gasteiger partial charge in [0.2, 0.25) is 0 Å². The maximum atomic E-state index is 11.8. The van der Waals surface area contributed by atoms with Gasteiger partial charge in [-0.25, -0.2) is 4.79 Å². The van der Waals surface area contributed by atoms with Crippen molar-refractivity contribution in [3.63, 3.8) is 0 Å². The molecule has 3 nitrogen and oxygen atoms in total. The molecule has 2 rings (SSSR count). The Labute approximate surface area is 95.8 Å². The SMILES string of the molecule is Cc1ccc(C)c(OC(=O)C2CCCN2)c1. The lowest BCUT2D eigenvalue weighted by Crippen LogP contribution is -2.34. The van der Waals surface area contributed by atoms with E-state index in [0.717, 1.165) is 30.5 Å². The van der Waals surface area contributed by atoms with Gasteiger partial charge in [0.05, 0.1) is 0 Å². The Morgan fingerprint density at radius 3 is 2.94 bits per heavy atom.